The molecule has 0 atom stereocenters. The Morgan fingerprint density at radius 1 is 1.25 bits per heavy atom. The average Bonchev–Trinajstić information content (AvgIpc) is 2.97. The minimum absolute atomic E-state index is 0.0249. The number of fused-ring (bicyclic) bond motifs is 3. The topological polar surface area (TPSA) is 61.4 Å². The van der Waals surface area contributed by atoms with Gasteiger partial charge in [0.05, 0.1) is 10.9 Å². The maximum atomic E-state index is 12.9. The second kappa shape index (κ2) is 7.36. The molecule has 24 heavy (non-hydrogen) atoms. The molecule has 0 bridgehead atoms. The fourth-order valence-electron chi connectivity index (χ4n) is 2.69. The van der Waals surface area contributed by atoms with Gasteiger partial charge in [-0.25, -0.2) is 0 Å². The van der Waals surface area contributed by atoms with Crippen LogP contribution >= 0.6 is 11.8 Å². The highest BCUT2D eigenvalue weighted by Crippen LogP contribution is 2.24. The van der Waals surface area contributed by atoms with Crippen LogP contribution < -0.4 is 5.56 Å². The Kier molecular flexibility index (Phi) is 5.20. The monoisotopic (exact) mass is 346 g/mol. The van der Waals surface area contributed by atoms with Crippen molar-refractivity contribution >= 4 is 28.4 Å². The van der Waals surface area contributed by atoms with Gasteiger partial charge in [-0.15, -0.1) is 10.2 Å². The lowest BCUT2D eigenvalue weighted by Gasteiger charge is -2.11. The van der Waals surface area contributed by atoms with Crippen LogP contribution in [0.2, 0.25) is 0 Å². The maximum Gasteiger partial charge on any atom is 0.262 e. The zero-order valence-electron chi connectivity index (χ0n) is 14.2. The van der Waals surface area contributed by atoms with Crippen LogP contribution in [-0.2, 0) is 11.3 Å². The van der Waals surface area contributed by atoms with Crippen LogP contribution in [0.1, 0.15) is 27.2 Å². The number of rotatable bonds is 7. The van der Waals surface area contributed by atoms with Gasteiger partial charge < -0.3 is 4.74 Å². The van der Waals surface area contributed by atoms with Gasteiger partial charge >= 0.3 is 0 Å². The molecule has 0 unspecified atom stereocenters. The van der Waals surface area contributed by atoms with Gasteiger partial charge in [0.25, 0.3) is 5.56 Å². The van der Waals surface area contributed by atoms with E-state index in [0.717, 1.165) is 17.1 Å². The summed E-state index contributed by atoms with van der Waals surface area (Å²) in [4.78, 5) is 12.9. The summed E-state index contributed by atoms with van der Waals surface area (Å²) in [5.41, 5.74) is 0.829. The second-order valence-corrected chi connectivity index (χ2v) is 7.35. The van der Waals surface area contributed by atoms with Gasteiger partial charge in [-0.05, 0) is 25.5 Å². The third-order valence-corrected chi connectivity index (χ3v) is 4.64. The summed E-state index contributed by atoms with van der Waals surface area (Å²) in [6.45, 7) is 8.08. The first-order chi connectivity index (χ1) is 11.6. The second-order valence-electron chi connectivity index (χ2n) is 5.81. The lowest BCUT2D eigenvalue weighted by molar-refractivity contribution is 0.141. The molecule has 1 aromatic carbocycles. The minimum Gasteiger partial charge on any atom is -0.382 e. The van der Waals surface area contributed by atoms with Crippen LogP contribution in [-0.4, -0.2) is 37.6 Å². The molecule has 3 rings (SSSR count). The summed E-state index contributed by atoms with van der Waals surface area (Å²) < 4.78 is 9.09. The fraction of sp³-hybridized carbons (Fsp3) is 0.471. The Morgan fingerprint density at radius 2 is 2.04 bits per heavy atom. The normalized spacial score (nSPS) is 11.8. The highest BCUT2D eigenvalue weighted by atomic mass is 32.2. The van der Waals surface area contributed by atoms with Crippen molar-refractivity contribution in [3.63, 3.8) is 0 Å². The average molecular weight is 346 g/mol. The molecular weight excluding hydrogens is 324 g/mol. The molecule has 0 N–H and O–H groups in total. The first kappa shape index (κ1) is 17.0. The number of nitrogens with zero attached hydrogens (tertiary/aromatic N) is 4. The van der Waals surface area contributed by atoms with Crippen LogP contribution in [0.3, 0.4) is 0 Å². The largest absolute Gasteiger partial charge is 0.382 e. The first-order valence-electron chi connectivity index (χ1n) is 8.24. The van der Waals surface area contributed by atoms with Gasteiger partial charge in [-0.2, -0.15) is 0 Å². The summed E-state index contributed by atoms with van der Waals surface area (Å²) >= 11 is 1.65. The van der Waals surface area contributed by atoms with Crippen molar-refractivity contribution in [2.75, 3.05) is 13.2 Å². The number of benzene rings is 1. The van der Waals surface area contributed by atoms with Gasteiger partial charge in [0.1, 0.15) is 0 Å². The van der Waals surface area contributed by atoms with Crippen molar-refractivity contribution in [3.05, 3.63) is 34.6 Å². The molecule has 128 valence electrons. The number of hydrogen-bond donors (Lipinski definition) is 0. The molecule has 0 saturated heterocycles. The Balaban J connectivity index is 2.17. The Bertz CT molecular complexity index is 901. The molecule has 0 aliphatic carbocycles. The number of aryl methyl sites for hydroxylation is 1. The zero-order chi connectivity index (χ0) is 17.1. The van der Waals surface area contributed by atoms with Gasteiger partial charge in [0, 0.05) is 25.0 Å². The highest BCUT2D eigenvalue weighted by molar-refractivity contribution is 7.99. The predicted octanol–water partition coefficient (Wildman–Crippen LogP) is 2.97. The van der Waals surface area contributed by atoms with Crippen molar-refractivity contribution in [1.82, 2.24) is 19.2 Å². The van der Waals surface area contributed by atoms with Crippen LogP contribution in [0.5, 0.6) is 0 Å². The third-order valence-electron chi connectivity index (χ3n) is 3.69. The van der Waals surface area contributed by atoms with E-state index < -0.39 is 0 Å². The van der Waals surface area contributed by atoms with Crippen molar-refractivity contribution in [2.24, 2.45) is 0 Å². The van der Waals surface area contributed by atoms with Crippen LogP contribution in [0.15, 0.2) is 34.2 Å². The molecule has 0 amide bonds. The quantitative estimate of drug-likeness (QED) is 0.486. The number of ether oxygens (including phenoxy) is 1. The number of para-hydroxylation sites is 1. The molecule has 2 aromatic heterocycles. The molecule has 2 heterocycles. The van der Waals surface area contributed by atoms with Gasteiger partial charge in [-0.3, -0.25) is 13.8 Å². The van der Waals surface area contributed by atoms with Crippen molar-refractivity contribution in [1.29, 1.82) is 0 Å². The molecule has 0 saturated carbocycles. The van der Waals surface area contributed by atoms with Crippen LogP contribution in [0, 0.1) is 0 Å². The molecular formula is C17H22N4O2S. The molecule has 0 fully saturated rings. The lowest BCUT2D eigenvalue weighted by atomic mass is 10.2. The van der Waals surface area contributed by atoms with Crippen molar-refractivity contribution in [2.45, 2.75) is 44.1 Å². The minimum atomic E-state index is -0.0249. The Morgan fingerprint density at radius 3 is 2.79 bits per heavy atom. The van der Waals surface area contributed by atoms with Crippen LogP contribution in [0.25, 0.3) is 16.7 Å². The van der Waals surface area contributed by atoms with Gasteiger partial charge in [0.15, 0.2) is 5.16 Å². The van der Waals surface area contributed by atoms with E-state index in [1.807, 2.05) is 35.6 Å². The molecule has 0 aliphatic rings. The van der Waals surface area contributed by atoms with E-state index in [-0.39, 0.29) is 5.56 Å². The standard InChI is InChI=1S/C17H22N4O2S/c1-4-23-11-7-10-20-15(22)13-8-5-6-9-14(13)21-16(20)18-19-17(21)24-12(2)3/h5-6,8-9,12H,4,7,10-11H2,1-3H3. The molecule has 0 spiro atoms. The molecule has 0 radical (unpaired) electrons. The maximum absolute atomic E-state index is 12.9. The molecule has 3 aromatic rings. The smallest absolute Gasteiger partial charge is 0.262 e. The van der Waals surface area contributed by atoms with Crippen molar-refractivity contribution < 1.29 is 4.74 Å². The summed E-state index contributed by atoms with van der Waals surface area (Å²) in [6, 6.07) is 7.63. The summed E-state index contributed by atoms with van der Waals surface area (Å²) in [5, 5.41) is 10.5. The summed E-state index contributed by atoms with van der Waals surface area (Å²) in [5.74, 6) is 0.596. The Labute approximate surface area is 144 Å². The van der Waals surface area contributed by atoms with E-state index in [1.165, 1.54) is 0 Å². The number of aromatic nitrogens is 4. The van der Waals surface area contributed by atoms with Gasteiger partial charge in [0.2, 0.25) is 5.78 Å². The number of thioether (sulfide) groups is 1. The van der Waals surface area contributed by atoms with Crippen molar-refractivity contribution in [3.8, 4) is 0 Å². The fourth-order valence-corrected chi connectivity index (χ4v) is 3.49. The SMILES string of the molecule is CCOCCCn1c(=O)c2ccccc2n2c(SC(C)C)nnc12. The lowest BCUT2D eigenvalue weighted by Crippen LogP contribution is -2.24. The van der Waals surface area contributed by atoms with E-state index in [4.69, 9.17) is 4.74 Å². The summed E-state index contributed by atoms with van der Waals surface area (Å²) in [6.07, 6.45) is 0.765. The molecule has 6 nitrogen and oxygen atoms in total. The number of hydrogen-bond acceptors (Lipinski definition) is 5. The molecule has 0 aliphatic heterocycles. The molecule has 7 heteroatoms. The first-order valence-corrected chi connectivity index (χ1v) is 9.12. The van der Waals surface area contributed by atoms with Gasteiger partial charge in [-0.1, -0.05) is 37.7 Å². The third kappa shape index (κ3) is 3.18. The zero-order valence-corrected chi connectivity index (χ0v) is 15.0. The van der Waals surface area contributed by atoms with E-state index in [0.29, 0.717) is 36.2 Å². The van der Waals surface area contributed by atoms with E-state index in [9.17, 15) is 4.79 Å². The summed E-state index contributed by atoms with van der Waals surface area (Å²) in [7, 11) is 0. The van der Waals surface area contributed by atoms with E-state index >= 15 is 0 Å². The highest BCUT2D eigenvalue weighted by Gasteiger charge is 2.17. The Hall–Kier alpha value is -1.86. The van der Waals surface area contributed by atoms with E-state index in [1.54, 1.807) is 16.3 Å². The van der Waals surface area contributed by atoms with Crippen LogP contribution in [0.4, 0.5) is 0 Å². The van der Waals surface area contributed by atoms with E-state index in [2.05, 4.69) is 24.0 Å². The predicted molar refractivity (Wildman–Crippen MR) is 96.9 cm³/mol.